The molecule has 1 fully saturated rings. The Morgan fingerprint density at radius 1 is 1.02 bits per heavy atom. The van der Waals surface area contributed by atoms with Crippen LogP contribution in [0.25, 0.3) is 27.6 Å². The zero-order valence-electron chi connectivity index (χ0n) is 23.2. The van der Waals surface area contributed by atoms with Gasteiger partial charge in [0.25, 0.3) is 5.91 Å². The first kappa shape index (κ1) is 27.2. The van der Waals surface area contributed by atoms with Crippen LogP contribution in [0, 0.1) is 19.8 Å². The summed E-state index contributed by atoms with van der Waals surface area (Å²) in [6.07, 6.45) is 5.08. The zero-order valence-corrected chi connectivity index (χ0v) is 23.9. The highest BCUT2D eigenvalue weighted by Gasteiger charge is 2.26. The average Bonchev–Trinajstić information content (AvgIpc) is 3.43. The summed E-state index contributed by atoms with van der Waals surface area (Å²) in [5, 5.41) is 18.5. The molecule has 0 atom stereocenters. The largest absolute Gasteiger partial charge is 0.394 e. The van der Waals surface area contributed by atoms with E-state index in [0.717, 1.165) is 59.0 Å². The van der Waals surface area contributed by atoms with Crippen molar-refractivity contribution in [2.24, 2.45) is 5.92 Å². The van der Waals surface area contributed by atoms with Gasteiger partial charge in [0, 0.05) is 24.2 Å². The molecule has 6 rings (SSSR count). The summed E-state index contributed by atoms with van der Waals surface area (Å²) in [5.41, 5.74) is 5.46. The van der Waals surface area contributed by atoms with Gasteiger partial charge in [-0.05, 0) is 81.8 Å². The number of amides is 1. The van der Waals surface area contributed by atoms with Crippen molar-refractivity contribution < 1.29 is 9.90 Å². The summed E-state index contributed by atoms with van der Waals surface area (Å²) in [6, 6.07) is 15.6. The van der Waals surface area contributed by atoms with Gasteiger partial charge in [0.15, 0.2) is 0 Å². The first-order valence-electron chi connectivity index (χ1n) is 14.1. The fraction of sp³-hybridized carbons (Fsp3) is 0.355. The standard InChI is InChI=1S/C31H33ClN6O3/c1-19-26(15-22(32)17-33-19)30(40)34-23-9-7-21(8-10-23)18-36-28-5-3-4-6-29(28)38(31(36)41)24-11-12-27-25(16-24)20(2)35-37(27)13-14-39/h3-6,11-12,15-17,21,23,39H,7-10,13-14,18H2,1-2H3,(H,34,40). The molecule has 0 spiro atoms. The molecule has 1 aliphatic carbocycles. The molecule has 212 valence electrons. The molecule has 41 heavy (non-hydrogen) atoms. The molecule has 2 aromatic carbocycles. The van der Waals surface area contributed by atoms with Crippen LogP contribution in [0.5, 0.6) is 0 Å². The lowest BCUT2D eigenvalue weighted by Crippen LogP contribution is -2.39. The van der Waals surface area contributed by atoms with Crippen LogP contribution in [0.2, 0.25) is 5.02 Å². The van der Waals surface area contributed by atoms with Gasteiger partial charge in [-0.15, -0.1) is 0 Å². The van der Waals surface area contributed by atoms with Crippen molar-refractivity contribution >= 4 is 39.4 Å². The zero-order chi connectivity index (χ0) is 28.7. The number of aromatic nitrogens is 5. The molecule has 0 saturated heterocycles. The number of carbonyl (C=O) groups is 1. The van der Waals surface area contributed by atoms with E-state index in [-0.39, 0.29) is 24.2 Å². The molecule has 1 amide bonds. The van der Waals surface area contributed by atoms with Crippen LogP contribution in [0.4, 0.5) is 0 Å². The number of hydrogen-bond acceptors (Lipinski definition) is 5. The van der Waals surface area contributed by atoms with Crippen LogP contribution in [-0.4, -0.2) is 47.6 Å². The molecule has 10 heteroatoms. The lowest BCUT2D eigenvalue weighted by Gasteiger charge is -2.29. The van der Waals surface area contributed by atoms with Gasteiger partial charge in [-0.2, -0.15) is 5.10 Å². The van der Waals surface area contributed by atoms with Crippen LogP contribution in [0.1, 0.15) is 47.4 Å². The average molecular weight is 573 g/mol. The number of aliphatic hydroxyl groups is 1. The van der Waals surface area contributed by atoms with Crippen LogP contribution in [0.3, 0.4) is 0 Å². The normalized spacial score (nSPS) is 17.4. The van der Waals surface area contributed by atoms with E-state index < -0.39 is 0 Å². The summed E-state index contributed by atoms with van der Waals surface area (Å²) in [6.45, 7) is 4.81. The van der Waals surface area contributed by atoms with Crippen molar-refractivity contribution in [1.82, 2.24) is 29.2 Å². The lowest BCUT2D eigenvalue weighted by molar-refractivity contribution is 0.0919. The summed E-state index contributed by atoms with van der Waals surface area (Å²) in [4.78, 5) is 31.0. The van der Waals surface area contributed by atoms with E-state index in [4.69, 9.17) is 11.6 Å². The third-order valence-electron chi connectivity index (χ3n) is 8.25. The van der Waals surface area contributed by atoms with E-state index in [1.807, 2.05) is 54.0 Å². The lowest BCUT2D eigenvalue weighted by atomic mass is 9.85. The van der Waals surface area contributed by atoms with E-state index >= 15 is 0 Å². The quantitative estimate of drug-likeness (QED) is 0.292. The second-order valence-electron chi connectivity index (χ2n) is 10.9. The Morgan fingerprint density at radius 3 is 2.54 bits per heavy atom. The highest BCUT2D eigenvalue weighted by atomic mass is 35.5. The number of pyridine rings is 1. The maximum Gasteiger partial charge on any atom is 0.333 e. The number of halogens is 1. The van der Waals surface area contributed by atoms with Crippen molar-refractivity contribution in [3.05, 3.63) is 87.2 Å². The molecule has 0 aliphatic heterocycles. The van der Waals surface area contributed by atoms with Crippen LogP contribution >= 0.6 is 11.6 Å². The molecule has 5 aromatic rings. The number of benzene rings is 2. The number of imidazole rings is 1. The minimum absolute atomic E-state index is 0.0122. The fourth-order valence-electron chi connectivity index (χ4n) is 6.11. The van der Waals surface area contributed by atoms with E-state index in [9.17, 15) is 14.7 Å². The van der Waals surface area contributed by atoms with Gasteiger partial charge >= 0.3 is 5.69 Å². The first-order chi connectivity index (χ1) is 19.8. The van der Waals surface area contributed by atoms with Gasteiger partial charge in [0.2, 0.25) is 0 Å². The molecule has 3 aromatic heterocycles. The smallest absolute Gasteiger partial charge is 0.333 e. The Kier molecular flexibility index (Phi) is 7.40. The van der Waals surface area contributed by atoms with E-state index in [0.29, 0.717) is 35.3 Å². The predicted octanol–water partition coefficient (Wildman–Crippen LogP) is 4.79. The number of aliphatic hydroxyl groups excluding tert-OH is 1. The summed E-state index contributed by atoms with van der Waals surface area (Å²) >= 11 is 6.06. The number of nitrogens with one attached hydrogen (secondary N) is 1. The summed E-state index contributed by atoms with van der Waals surface area (Å²) < 4.78 is 5.48. The molecule has 9 nitrogen and oxygen atoms in total. The third-order valence-corrected chi connectivity index (χ3v) is 8.45. The van der Waals surface area contributed by atoms with E-state index in [1.54, 1.807) is 28.4 Å². The summed E-state index contributed by atoms with van der Waals surface area (Å²) in [5.74, 6) is 0.186. The van der Waals surface area contributed by atoms with Crippen LogP contribution in [-0.2, 0) is 13.1 Å². The van der Waals surface area contributed by atoms with Gasteiger partial charge < -0.3 is 10.4 Å². The minimum atomic E-state index is -0.144. The Morgan fingerprint density at radius 2 is 1.78 bits per heavy atom. The molecule has 0 bridgehead atoms. The Bertz CT molecular complexity index is 1810. The minimum Gasteiger partial charge on any atom is -0.394 e. The van der Waals surface area contributed by atoms with Gasteiger partial charge in [-0.3, -0.25) is 23.6 Å². The molecule has 0 radical (unpaired) electrons. The van der Waals surface area contributed by atoms with Crippen molar-refractivity contribution in [2.75, 3.05) is 6.61 Å². The fourth-order valence-corrected chi connectivity index (χ4v) is 6.27. The number of rotatable bonds is 7. The van der Waals surface area contributed by atoms with Gasteiger partial charge in [-0.1, -0.05) is 23.7 Å². The second kappa shape index (κ2) is 11.1. The highest BCUT2D eigenvalue weighted by molar-refractivity contribution is 6.30. The Hall–Kier alpha value is -3.95. The molecule has 1 saturated carbocycles. The van der Waals surface area contributed by atoms with Gasteiger partial charge in [-0.25, -0.2) is 4.79 Å². The number of hydrogen-bond donors (Lipinski definition) is 2. The number of fused-ring (bicyclic) bond motifs is 2. The molecular formula is C31H33ClN6O3. The molecule has 2 N–H and O–H groups in total. The molecular weight excluding hydrogens is 540 g/mol. The monoisotopic (exact) mass is 572 g/mol. The van der Waals surface area contributed by atoms with Crippen molar-refractivity contribution in [1.29, 1.82) is 0 Å². The number of nitrogens with zero attached hydrogens (tertiary/aromatic N) is 5. The maximum atomic E-state index is 13.9. The van der Waals surface area contributed by atoms with Crippen molar-refractivity contribution in [2.45, 2.75) is 58.7 Å². The Balaban J connectivity index is 1.22. The maximum absolute atomic E-state index is 13.9. The van der Waals surface area contributed by atoms with Crippen LogP contribution in [0.15, 0.2) is 59.5 Å². The summed E-state index contributed by atoms with van der Waals surface area (Å²) in [7, 11) is 0. The van der Waals surface area contributed by atoms with E-state index in [2.05, 4.69) is 15.4 Å². The van der Waals surface area contributed by atoms with Crippen molar-refractivity contribution in [3.63, 3.8) is 0 Å². The van der Waals surface area contributed by atoms with Gasteiger partial charge in [0.05, 0.1) is 57.4 Å². The first-order valence-corrected chi connectivity index (χ1v) is 14.4. The number of carbonyl (C=O) groups excluding carboxylic acids is 1. The number of para-hydroxylation sites is 2. The topological polar surface area (TPSA) is 107 Å². The number of aryl methyl sites for hydroxylation is 2. The van der Waals surface area contributed by atoms with Gasteiger partial charge in [0.1, 0.15) is 0 Å². The highest BCUT2D eigenvalue weighted by Crippen LogP contribution is 2.29. The second-order valence-corrected chi connectivity index (χ2v) is 11.4. The molecule has 0 unspecified atom stereocenters. The SMILES string of the molecule is Cc1ncc(Cl)cc1C(=O)NC1CCC(Cn2c(=O)n(-c3ccc4c(c3)c(C)nn4CCO)c3ccccc32)CC1. The third kappa shape index (κ3) is 5.15. The van der Waals surface area contributed by atoms with E-state index in [1.165, 1.54) is 0 Å². The Labute approximate surface area is 242 Å². The molecule has 1 aliphatic rings. The molecule has 3 heterocycles. The van der Waals surface area contributed by atoms with Crippen molar-refractivity contribution in [3.8, 4) is 5.69 Å². The van der Waals surface area contributed by atoms with Crippen LogP contribution < -0.4 is 11.0 Å². The predicted molar refractivity (Wildman–Crippen MR) is 160 cm³/mol.